The van der Waals surface area contributed by atoms with Gasteiger partial charge >= 0.3 is 0 Å². The van der Waals surface area contributed by atoms with E-state index in [9.17, 15) is 0 Å². The number of allylic oxidation sites excluding steroid dienone is 1. The predicted molar refractivity (Wildman–Crippen MR) is 102 cm³/mol. The Balaban J connectivity index is 1.95. The number of nitrogens with two attached hydrogens (primary N) is 1. The van der Waals surface area contributed by atoms with Gasteiger partial charge in [0.25, 0.3) is 5.89 Å². The van der Waals surface area contributed by atoms with Crippen LogP contribution < -0.4 is 5.73 Å². The number of thioether (sulfide) groups is 1. The van der Waals surface area contributed by atoms with Crippen molar-refractivity contribution in [1.29, 1.82) is 0 Å². The third-order valence-corrected chi connectivity index (χ3v) is 5.64. The number of pyridine rings is 1. The predicted octanol–water partition coefficient (Wildman–Crippen LogP) is 4.38. The van der Waals surface area contributed by atoms with Crippen molar-refractivity contribution in [2.24, 2.45) is 5.73 Å². The van der Waals surface area contributed by atoms with Gasteiger partial charge in [-0.25, -0.2) is 0 Å². The Bertz CT molecular complexity index is 892. The van der Waals surface area contributed by atoms with E-state index in [-0.39, 0.29) is 0 Å². The molecule has 0 fully saturated rings. The molecule has 7 heteroatoms. The fourth-order valence-electron chi connectivity index (χ4n) is 2.62. The lowest BCUT2D eigenvalue weighted by molar-refractivity contribution is 0.407. The van der Waals surface area contributed by atoms with Crippen LogP contribution in [0.25, 0.3) is 16.7 Å². The van der Waals surface area contributed by atoms with Crippen LogP contribution in [0.5, 0.6) is 0 Å². The zero-order valence-electron chi connectivity index (χ0n) is 14.0. The van der Waals surface area contributed by atoms with Crippen molar-refractivity contribution in [1.82, 2.24) is 15.1 Å². The second kappa shape index (κ2) is 6.94. The fourth-order valence-corrected chi connectivity index (χ4v) is 4.02. The first kappa shape index (κ1) is 17.0. The topological polar surface area (TPSA) is 80.7 Å². The molecule has 0 atom stereocenters. The molecule has 0 bridgehead atoms. The average molecular weight is 361 g/mol. The molecule has 1 aliphatic rings. The van der Waals surface area contributed by atoms with Crippen molar-refractivity contribution in [2.75, 3.05) is 5.75 Å². The molecule has 0 saturated carbocycles. The second-order valence-corrected chi connectivity index (χ2v) is 7.37. The third kappa shape index (κ3) is 3.32. The second-order valence-electron chi connectivity index (χ2n) is 5.82. The molecule has 0 radical (unpaired) electrons. The van der Waals surface area contributed by atoms with Crippen molar-refractivity contribution in [3.8, 4) is 0 Å². The van der Waals surface area contributed by atoms with Gasteiger partial charge in [-0.3, -0.25) is 0 Å². The van der Waals surface area contributed by atoms with Gasteiger partial charge in [-0.2, -0.15) is 4.98 Å². The molecule has 0 aliphatic carbocycles. The summed E-state index contributed by atoms with van der Waals surface area (Å²) in [7, 11) is 0. The molecule has 3 heterocycles. The molecule has 0 saturated heterocycles. The van der Waals surface area contributed by atoms with E-state index in [0.29, 0.717) is 22.1 Å². The minimum absolute atomic E-state index is 0.460. The number of aromatic nitrogens is 3. The molecule has 126 valence electrons. The van der Waals surface area contributed by atoms with E-state index in [2.05, 4.69) is 21.2 Å². The summed E-state index contributed by atoms with van der Waals surface area (Å²) in [6.07, 6.45) is 6.09. The average Bonchev–Trinajstić information content (AvgIpc) is 3.02. The fraction of sp³-hybridized carbons (Fsp3) is 0.353. The summed E-state index contributed by atoms with van der Waals surface area (Å²) in [5.41, 5.74) is 10.9. The van der Waals surface area contributed by atoms with Crippen LogP contribution in [-0.4, -0.2) is 20.9 Å². The van der Waals surface area contributed by atoms with Crippen molar-refractivity contribution in [3.63, 3.8) is 0 Å². The van der Waals surface area contributed by atoms with Gasteiger partial charge in [0.15, 0.2) is 5.82 Å². The molecule has 0 amide bonds. The maximum Gasteiger partial charge on any atom is 0.264 e. The molecule has 3 N–H and O–H groups in total. The van der Waals surface area contributed by atoms with E-state index in [1.807, 2.05) is 20.8 Å². The molecule has 5 nitrogen and oxygen atoms in total. The van der Waals surface area contributed by atoms with Crippen LogP contribution >= 0.6 is 24.0 Å². The first-order chi connectivity index (χ1) is 11.5. The van der Waals surface area contributed by atoms with Gasteiger partial charge in [-0.1, -0.05) is 23.5 Å². The summed E-state index contributed by atoms with van der Waals surface area (Å²) >= 11 is 7.18. The zero-order chi connectivity index (χ0) is 17.3. The monoisotopic (exact) mass is 360 g/mol. The Morgan fingerprint density at radius 2 is 2.17 bits per heavy atom. The minimum Gasteiger partial charge on any atom is -0.398 e. The quantitative estimate of drug-likeness (QED) is 0.791. The highest BCUT2D eigenvalue weighted by Gasteiger charge is 2.15. The smallest absolute Gasteiger partial charge is 0.264 e. The highest BCUT2D eigenvalue weighted by Crippen LogP contribution is 2.32. The van der Waals surface area contributed by atoms with E-state index < -0.39 is 0 Å². The number of nitrogens with zero attached hydrogens (tertiary/aromatic N) is 2. The molecular weight excluding hydrogens is 340 g/mol. The number of nitrogens with one attached hydrogen (secondary N) is 1. The van der Waals surface area contributed by atoms with Crippen molar-refractivity contribution in [2.45, 2.75) is 33.6 Å². The molecule has 0 unspecified atom stereocenters. The SMILES string of the molecule is Cc1[nH]c(=S)c(/C(N)=C/c2noc(C3=CCCCS3)n2)c(C)c1C. The Morgan fingerprint density at radius 1 is 1.38 bits per heavy atom. The van der Waals surface area contributed by atoms with E-state index in [1.54, 1.807) is 17.8 Å². The molecule has 2 aromatic rings. The largest absolute Gasteiger partial charge is 0.398 e. The molecule has 24 heavy (non-hydrogen) atoms. The van der Waals surface area contributed by atoms with Crippen molar-refractivity contribution >= 4 is 40.7 Å². The summed E-state index contributed by atoms with van der Waals surface area (Å²) in [4.78, 5) is 8.67. The highest BCUT2D eigenvalue weighted by atomic mass is 32.2. The molecule has 2 aromatic heterocycles. The number of hydrogen-bond acceptors (Lipinski definition) is 6. The van der Waals surface area contributed by atoms with Crippen LogP contribution in [0, 0.1) is 25.4 Å². The molecule has 0 aromatic carbocycles. The summed E-state index contributed by atoms with van der Waals surface area (Å²) in [6.45, 7) is 6.07. The van der Waals surface area contributed by atoms with Gasteiger partial charge in [0.1, 0.15) is 4.64 Å². The van der Waals surface area contributed by atoms with Crippen LogP contribution in [0.15, 0.2) is 10.6 Å². The number of aromatic amines is 1. The molecular formula is C17H20N4OS2. The molecule has 3 rings (SSSR count). The first-order valence-corrected chi connectivity index (χ1v) is 9.21. The Kier molecular flexibility index (Phi) is 4.91. The van der Waals surface area contributed by atoms with Gasteiger partial charge < -0.3 is 15.2 Å². The lowest BCUT2D eigenvalue weighted by atomic mass is 10.0. The van der Waals surface area contributed by atoms with Crippen LogP contribution in [-0.2, 0) is 0 Å². The summed E-state index contributed by atoms with van der Waals surface area (Å²) in [5, 5.41) is 4.02. The Hall–Kier alpha value is -1.86. The highest BCUT2D eigenvalue weighted by molar-refractivity contribution is 8.08. The first-order valence-electron chi connectivity index (χ1n) is 7.82. The van der Waals surface area contributed by atoms with E-state index in [1.165, 1.54) is 6.42 Å². The normalized spacial score (nSPS) is 15.5. The summed E-state index contributed by atoms with van der Waals surface area (Å²) < 4.78 is 5.98. The molecule has 0 spiro atoms. The van der Waals surface area contributed by atoms with E-state index in [4.69, 9.17) is 22.5 Å². The maximum absolute atomic E-state index is 6.27. The van der Waals surface area contributed by atoms with Crippen LogP contribution in [0.3, 0.4) is 0 Å². The van der Waals surface area contributed by atoms with Crippen molar-refractivity contribution in [3.05, 3.63) is 44.8 Å². The van der Waals surface area contributed by atoms with Crippen LogP contribution in [0.1, 0.15) is 46.9 Å². The number of H-pyrrole nitrogens is 1. The van der Waals surface area contributed by atoms with Crippen molar-refractivity contribution < 1.29 is 4.52 Å². The van der Waals surface area contributed by atoms with Crippen LogP contribution in [0.4, 0.5) is 0 Å². The Labute approximate surface area is 150 Å². The number of hydrogen-bond donors (Lipinski definition) is 2. The summed E-state index contributed by atoms with van der Waals surface area (Å²) in [5.74, 6) is 2.10. The van der Waals surface area contributed by atoms with Gasteiger partial charge in [-0.15, -0.1) is 11.8 Å². The van der Waals surface area contributed by atoms with Gasteiger partial charge in [0, 0.05) is 23.0 Å². The number of aryl methyl sites for hydroxylation is 1. The van der Waals surface area contributed by atoms with Gasteiger partial charge in [-0.05, 0) is 50.5 Å². The van der Waals surface area contributed by atoms with Crippen LogP contribution in [0.2, 0.25) is 0 Å². The van der Waals surface area contributed by atoms with Gasteiger partial charge in [0.05, 0.1) is 4.91 Å². The third-order valence-electron chi connectivity index (χ3n) is 4.19. The standard InChI is InChI=1S/C17H20N4OS2/c1-9-10(2)15(17(23)19-11(9)3)12(18)8-14-20-16(22-21-14)13-6-4-5-7-24-13/h6,8H,4-5,7,18H2,1-3H3,(H,19,23)/b12-8-. The zero-order valence-corrected chi connectivity index (χ0v) is 15.6. The lowest BCUT2D eigenvalue weighted by Gasteiger charge is -2.11. The lowest BCUT2D eigenvalue weighted by Crippen LogP contribution is -2.05. The van der Waals surface area contributed by atoms with E-state index >= 15 is 0 Å². The summed E-state index contributed by atoms with van der Waals surface area (Å²) in [6, 6.07) is 0. The van der Waals surface area contributed by atoms with E-state index in [0.717, 1.165) is 39.5 Å². The number of rotatable bonds is 3. The molecule has 1 aliphatic heterocycles. The maximum atomic E-state index is 6.27. The minimum atomic E-state index is 0.460. The van der Waals surface area contributed by atoms with Gasteiger partial charge in [0.2, 0.25) is 0 Å². The Morgan fingerprint density at radius 3 is 2.88 bits per heavy atom.